The molecule has 0 aliphatic carbocycles. The lowest BCUT2D eigenvalue weighted by Crippen LogP contribution is -2.38. The summed E-state index contributed by atoms with van der Waals surface area (Å²) < 4.78 is 0. The first kappa shape index (κ1) is 12.4. The molecular formula is C13H16N2O3. The number of carbonyl (C=O) groups is 2. The highest BCUT2D eigenvalue weighted by Gasteiger charge is 2.29. The second kappa shape index (κ2) is 5.08. The third kappa shape index (κ3) is 2.45. The molecule has 0 spiro atoms. The second-order valence-corrected chi connectivity index (χ2v) is 4.38. The van der Waals surface area contributed by atoms with Crippen LogP contribution < -0.4 is 5.32 Å². The van der Waals surface area contributed by atoms with Crippen LogP contribution >= 0.6 is 0 Å². The number of hydrogen-bond acceptors (Lipinski definition) is 2. The summed E-state index contributed by atoms with van der Waals surface area (Å²) in [7, 11) is 0. The molecule has 5 nitrogen and oxygen atoms in total. The van der Waals surface area contributed by atoms with Gasteiger partial charge in [0.05, 0.1) is 12.5 Å². The summed E-state index contributed by atoms with van der Waals surface area (Å²) in [4.78, 5) is 24.0. The van der Waals surface area contributed by atoms with E-state index in [0.29, 0.717) is 6.54 Å². The van der Waals surface area contributed by atoms with Gasteiger partial charge in [-0.15, -0.1) is 0 Å². The average molecular weight is 248 g/mol. The van der Waals surface area contributed by atoms with Gasteiger partial charge < -0.3 is 15.3 Å². The van der Waals surface area contributed by atoms with Gasteiger partial charge in [0, 0.05) is 13.1 Å². The van der Waals surface area contributed by atoms with Gasteiger partial charge in [-0.05, 0) is 18.1 Å². The van der Waals surface area contributed by atoms with Crippen LogP contribution in [0.15, 0.2) is 24.3 Å². The van der Waals surface area contributed by atoms with Crippen LogP contribution in [0.25, 0.3) is 0 Å². The van der Waals surface area contributed by atoms with Crippen LogP contribution in [0.4, 0.5) is 4.79 Å². The molecule has 1 atom stereocenters. The molecule has 0 aromatic heterocycles. The number of hydrogen-bond donors (Lipinski definition) is 2. The van der Waals surface area contributed by atoms with Gasteiger partial charge in [-0.1, -0.05) is 24.3 Å². The van der Waals surface area contributed by atoms with Crippen molar-refractivity contribution in [1.82, 2.24) is 10.2 Å². The zero-order valence-corrected chi connectivity index (χ0v) is 10.2. The Bertz CT molecular complexity index is 473. The van der Waals surface area contributed by atoms with Crippen LogP contribution in [0.1, 0.15) is 30.5 Å². The van der Waals surface area contributed by atoms with E-state index in [4.69, 9.17) is 5.11 Å². The Kier molecular flexibility index (Phi) is 3.50. The quantitative estimate of drug-likeness (QED) is 0.856. The molecule has 5 heteroatoms. The highest BCUT2D eigenvalue weighted by molar-refractivity contribution is 5.76. The molecule has 2 rings (SSSR count). The first-order chi connectivity index (χ1) is 8.59. The van der Waals surface area contributed by atoms with Crippen LogP contribution in [0.3, 0.4) is 0 Å². The topological polar surface area (TPSA) is 69.6 Å². The molecule has 1 unspecified atom stereocenters. The van der Waals surface area contributed by atoms with Gasteiger partial charge >= 0.3 is 12.0 Å². The van der Waals surface area contributed by atoms with Gasteiger partial charge in [-0.3, -0.25) is 4.79 Å². The molecule has 1 heterocycles. The number of nitrogens with one attached hydrogen (secondary N) is 1. The molecule has 0 fully saturated rings. The monoisotopic (exact) mass is 248 g/mol. The first-order valence-corrected chi connectivity index (χ1v) is 5.93. The minimum Gasteiger partial charge on any atom is -0.481 e. The Morgan fingerprint density at radius 2 is 2.17 bits per heavy atom. The normalized spacial score (nSPS) is 17.4. The van der Waals surface area contributed by atoms with E-state index in [1.54, 1.807) is 4.90 Å². The van der Waals surface area contributed by atoms with E-state index in [-0.39, 0.29) is 25.0 Å². The number of aliphatic carboxylic acids is 1. The number of fused-ring (bicyclic) bond motifs is 1. The minimum atomic E-state index is -0.909. The summed E-state index contributed by atoms with van der Waals surface area (Å²) in [6.45, 7) is 2.71. The van der Waals surface area contributed by atoms with Crippen molar-refractivity contribution in [3.8, 4) is 0 Å². The number of benzene rings is 1. The number of rotatable bonds is 3. The second-order valence-electron chi connectivity index (χ2n) is 4.38. The molecule has 2 amide bonds. The van der Waals surface area contributed by atoms with E-state index in [2.05, 4.69) is 5.32 Å². The maximum Gasteiger partial charge on any atom is 0.318 e. The maximum absolute atomic E-state index is 11.9. The van der Waals surface area contributed by atoms with Gasteiger partial charge in [0.2, 0.25) is 0 Å². The van der Waals surface area contributed by atoms with Gasteiger partial charge in [-0.2, -0.15) is 0 Å². The van der Waals surface area contributed by atoms with Crippen LogP contribution in [-0.4, -0.2) is 28.6 Å². The summed E-state index contributed by atoms with van der Waals surface area (Å²) in [6, 6.07) is 7.77. The van der Waals surface area contributed by atoms with Crippen molar-refractivity contribution in [3.05, 3.63) is 35.4 Å². The molecule has 0 saturated carbocycles. The lowest BCUT2D eigenvalue weighted by Gasteiger charge is -2.22. The van der Waals surface area contributed by atoms with Crippen molar-refractivity contribution >= 4 is 12.0 Å². The zero-order chi connectivity index (χ0) is 13.1. The fraction of sp³-hybridized carbons (Fsp3) is 0.385. The highest BCUT2D eigenvalue weighted by Crippen LogP contribution is 2.32. The third-order valence-corrected chi connectivity index (χ3v) is 3.19. The van der Waals surface area contributed by atoms with E-state index in [1.165, 1.54) is 0 Å². The first-order valence-electron chi connectivity index (χ1n) is 5.93. The van der Waals surface area contributed by atoms with Crippen LogP contribution in [0.2, 0.25) is 0 Å². The third-order valence-electron chi connectivity index (χ3n) is 3.19. The number of nitrogens with zero attached hydrogens (tertiary/aromatic N) is 1. The average Bonchev–Trinajstić information content (AvgIpc) is 2.67. The molecule has 0 saturated heterocycles. The van der Waals surface area contributed by atoms with Gasteiger partial charge in [0.1, 0.15) is 0 Å². The van der Waals surface area contributed by atoms with E-state index in [9.17, 15) is 9.59 Å². The van der Waals surface area contributed by atoms with E-state index in [1.807, 2.05) is 31.2 Å². The van der Waals surface area contributed by atoms with Crippen LogP contribution in [-0.2, 0) is 11.3 Å². The largest absolute Gasteiger partial charge is 0.481 e. The number of carboxylic acids is 1. The SMILES string of the molecule is CC1c2ccccc2CN1C(=O)NCCC(=O)O. The summed E-state index contributed by atoms with van der Waals surface area (Å²) in [5, 5.41) is 11.1. The molecule has 1 aliphatic rings. The number of amides is 2. The fourth-order valence-electron chi connectivity index (χ4n) is 2.20. The van der Waals surface area contributed by atoms with Crippen molar-refractivity contribution < 1.29 is 14.7 Å². The van der Waals surface area contributed by atoms with Gasteiger partial charge in [0.15, 0.2) is 0 Å². The molecule has 1 aliphatic heterocycles. The molecule has 96 valence electrons. The van der Waals surface area contributed by atoms with Crippen molar-refractivity contribution in [3.63, 3.8) is 0 Å². The van der Waals surface area contributed by atoms with Gasteiger partial charge in [-0.25, -0.2) is 4.79 Å². The highest BCUT2D eigenvalue weighted by atomic mass is 16.4. The predicted octanol–water partition coefficient (Wildman–Crippen LogP) is 1.75. The lowest BCUT2D eigenvalue weighted by atomic mass is 10.1. The van der Waals surface area contributed by atoms with Crippen LogP contribution in [0.5, 0.6) is 0 Å². The van der Waals surface area contributed by atoms with E-state index < -0.39 is 5.97 Å². The summed E-state index contributed by atoms with van der Waals surface area (Å²) >= 11 is 0. The summed E-state index contributed by atoms with van der Waals surface area (Å²) in [5.41, 5.74) is 2.31. The predicted molar refractivity (Wildman–Crippen MR) is 66.1 cm³/mol. The van der Waals surface area contributed by atoms with Crippen molar-refractivity contribution in [2.75, 3.05) is 6.54 Å². The van der Waals surface area contributed by atoms with Crippen molar-refractivity contribution in [2.45, 2.75) is 25.9 Å². The molecule has 0 bridgehead atoms. The Hall–Kier alpha value is -2.04. The molecule has 0 radical (unpaired) electrons. The Morgan fingerprint density at radius 3 is 2.83 bits per heavy atom. The van der Waals surface area contributed by atoms with Gasteiger partial charge in [0.25, 0.3) is 0 Å². The lowest BCUT2D eigenvalue weighted by molar-refractivity contribution is -0.136. The molecule has 18 heavy (non-hydrogen) atoms. The fourth-order valence-corrected chi connectivity index (χ4v) is 2.20. The number of urea groups is 1. The maximum atomic E-state index is 11.9. The molecular weight excluding hydrogens is 232 g/mol. The standard InChI is InChI=1S/C13H16N2O3/c1-9-11-5-3-2-4-10(11)8-15(9)13(18)14-7-6-12(16)17/h2-5,9H,6-8H2,1H3,(H,14,18)(H,16,17). The Labute approximate surface area is 105 Å². The Balaban J connectivity index is 1.96. The molecule has 1 aromatic rings. The van der Waals surface area contributed by atoms with E-state index in [0.717, 1.165) is 11.1 Å². The molecule has 1 aromatic carbocycles. The van der Waals surface area contributed by atoms with E-state index >= 15 is 0 Å². The smallest absolute Gasteiger partial charge is 0.318 e. The van der Waals surface area contributed by atoms with Crippen molar-refractivity contribution in [1.29, 1.82) is 0 Å². The molecule has 2 N–H and O–H groups in total. The Morgan fingerprint density at radius 1 is 1.44 bits per heavy atom. The number of carboxylic acid groups (broad SMARTS) is 1. The minimum absolute atomic E-state index is 0.0334. The number of carbonyl (C=O) groups excluding carboxylic acids is 1. The zero-order valence-electron chi connectivity index (χ0n) is 10.2. The van der Waals surface area contributed by atoms with Crippen LogP contribution in [0, 0.1) is 0 Å². The summed E-state index contributed by atoms with van der Waals surface area (Å²) in [5.74, 6) is -0.909. The summed E-state index contributed by atoms with van der Waals surface area (Å²) in [6.07, 6.45) is -0.0547. The van der Waals surface area contributed by atoms with Crippen molar-refractivity contribution in [2.24, 2.45) is 0 Å².